The van der Waals surface area contributed by atoms with E-state index in [9.17, 15) is 0 Å². The zero-order chi connectivity index (χ0) is 14.0. The smallest absolute Gasteiger partial charge is 0.138 e. The van der Waals surface area contributed by atoms with Crippen LogP contribution in [0.2, 0.25) is 0 Å². The predicted octanol–water partition coefficient (Wildman–Crippen LogP) is 4.49. The summed E-state index contributed by atoms with van der Waals surface area (Å²) in [6.07, 6.45) is 0. The van der Waals surface area contributed by atoms with Gasteiger partial charge in [0.15, 0.2) is 0 Å². The standard InChI is InChI=1S/C15H14BrNOS/c1-9-6-7-12(10(2)8-9)18-13-5-3-4-11(16)14(13)15(17)19/h3-8H,1-2H3,(H2,17,19). The minimum atomic E-state index is 0.312. The van der Waals surface area contributed by atoms with E-state index in [0.29, 0.717) is 10.7 Å². The number of aryl methyl sites for hydroxylation is 2. The zero-order valence-corrected chi connectivity index (χ0v) is 13.1. The van der Waals surface area contributed by atoms with Crippen molar-refractivity contribution >= 4 is 33.1 Å². The summed E-state index contributed by atoms with van der Waals surface area (Å²) in [5.41, 5.74) is 8.75. The van der Waals surface area contributed by atoms with Gasteiger partial charge in [-0.2, -0.15) is 0 Å². The molecule has 0 bridgehead atoms. The molecule has 0 aromatic heterocycles. The third-order valence-electron chi connectivity index (χ3n) is 2.77. The fraction of sp³-hybridized carbons (Fsp3) is 0.133. The van der Waals surface area contributed by atoms with Crippen LogP contribution >= 0.6 is 28.1 Å². The molecule has 0 unspecified atom stereocenters. The maximum absolute atomic E-state index is 5.94. The zero-order valence-electron chi connectivity index (χ0n) is 10.7. The maximum atomic E-state index is 5.94. The van der Waals surface area contributed by atoms with Crippen molar-refractivity contribution < 1.29 is 4.74 Å². The quantitative estimate of drug-likeness (QED) is 0.839. The summed E-state index contributed by atoms with van der Waals surface area (Å²) in [6.45, 7) is 4.07. The van der Waals surface area contributed by atoms with Gasteiger partial charge in [-0.05, 0) is 53.5 Å². The second-order valence-electron chi connectivity index (χ2n) is 4.35. The fourth-order valence-corrected chi connectivity index (χ4v) is 2.76. The molecule has 0 aliphatic heterocycles. The molecule has 2 aromatic rings. The first kappa shape index (κ1) is 14.0. The largest absolute Gasteiger partial charge is 0.456 e. The Kier molecular flexibility index (Phi) is 4.22. The van der Waals surface area contributed by atoms with Crippen molar-refractivity contribution in [3.63, 3.8) is 0 Å². The monoisotopic (exact) mass is 335 g/mol. The number of halogens is 1. The van der Waals surface area contributed by atoms with Crippen molar-refractivity contribution in [3.8, 4) is 11.5 Å². The van der Waals surface area contributed by atoms with Gasteiger partial charge in [0.25, 0.3) is 0 Å². The first-order valence-corrected chi connectivity index (χ1v) is 7.02. The second kappa shape index (κ2) is 5.72. The van der Waals surface area contributed by atoms with Gasteiger partial charge in [-0.3, -0.25) is 0 Å². The van der Waals surface area contributed by atoms with Gasteiger partial charge in [-0.25, -0.2) is 0 Å². The van der Waals surface area contributed by atoms with Gasteiger partial charge in [0.2, 0.25) is 0 Å². The van der Waals surface area contributed by atoms with Crippen LogP contribution in [0.3, 0.4) is 0 Å². The lowest BCUT2D eigenvalue weighted by atomic mass is 10.1. The number of ether oxygens (including phenoxy) is 1. The highest BCUT2D eigenvalue weighted by Crippen LogP contribution is 2.32. The topological polar surface area (TPSA) is 35.2 Å². The number of nitrogens with two attached hydrogens (primary N) is 1. The summed E-state index contributed by atoms with van der Waals surface area (Å²) < 4.78 is 6.78. The van der Waals surface area contributed by atoms with Crippen molar-refractivity contribution in [2.45, 2.75) is 13.8 Å². The van der Waals surface area contributed by atoms with Crippen molar-refractivity contribution in [2.75, 3.05) is 0 Å². The molecule has 98 valence electrons. The van der Waals surface area contributed by atoms with Crippen LogP contribution in [0.4, 0.5) is 0 Å². The molecule has 2 rings (SSSR count). The Bertz CT molecular complexity index is 640. The lowest BCUT2D eigenvalue weighted by Gasteiger charge is -2.13. The lowest BCUT2D eigenvalue weighted by Crippen LogP contribution is -2.11. The van der Waals surface area contributed by atoms with Crippen molar-refractivity contribution in [2.24, 2.45) is 5.73 Å². The van der Waals surface area contributed by atoms with Crippen LogP contribution in [0.1, 0.15) is 16.7 Å². The number of thiocarbonyl (C=S) groups is 1. The Hall–Kier alpha value is -1.39. The van der Waals surface area contributed by atoms with E-state index >= 15 is 0 Å². The van der Waals surface area contributed by atoms with Crippen LogP contribution in [-0.4, -0.2) is 4.99 Å². The maximum Gasteiger partial charge on any atom is 0.138 e. The van der Waals surface area contributed by atoms with Gasteiger partial charge in [0.05, 0.1) is 5.56 Å². The Morgan fingerprint density at radius 2 is 1.89 bits per heavy atom. The second-order valence-corrected chi connectivity index (χ2v) is 5.64. The Morgan fingerprint density at radius 1 is 1.16 bits per heavy atom. The molecule has 4 heteroatoms. The van der Waals surface area contributed by atoms with Gasteiger partial charge in [0, 0.05) is 4.47 Å². The van der Waals surface area contributed by atoms with Crippen molar-refractivity contribution in [1.29, 1.82) is 0 Å². The molecule has 0 saturated heterocycles. The van der Waals surface area contributed by atoms with Gasteiger partial charge in [-0.1, -0.05) is 36.0 Å². The molecule has 2 nitrogen and oxygen atoms in total. The third kappa shape index (κ3) is 3.14. The van der Waals surface area contributed by atoms with Gasteiger partial charge < -0.3 is 10.5 Å². The van der Waals surface area contributed by atoms with Gasteiger partial charge in [0.1, 0.15) is 16.5 Å². The molecule has 0 saturated carbocycles. The number of benzene rings is 2. The Labute approximate surface area is 126 Å². The minimum Gasteiger partial charge on any atom is -0.456 e. The number of rotatable bonds is 3. The van der Waals surface area contributed by atoms with E-state index < -0.39 is 0 Å². The van der Waals surface area contributed by atoms with E-state index in [-0.39, 0.29) is 0 Å². The predicted molar refractivity (Wildman–Crippen MR) is 86.0 cm³/mol. The molecule has 0 aliphatic carbocycles. The molecule has 0 spiro atoms. The van der Waals surface area contributed by atoms with Crippen LogP contribution in [0.25, 0.3) is 0 Å². The number of hydrogen-bond donors (Lipinski definition) is 1. The molecule has 19 heavy (non-hydrogen) atoms. The van der Waals surface area contributed by atoms with Crippen LogP contribution in [0.15, 0.2) is 40.9 Å². The van der Waals surface area contributed by atoms with E-state index in [2.05, 4.69) is 28.9 Å². The minimum absolute atomic E-state index is 0.312. The first-order valence-electron chi connectivity index (χ1n) is 5.82. The Balaban J connectivity index is 2.44. The van der Waals surface area contributed by atoms with Gasteiger partial charge >= 0.3 is 0 Å². The summed E-state index contributed by atoms with van der Waals surface area (Å²) in [4.78, 5) is 0.312. The molecule has 0 heterocycles. The molecule has 0 atom stereocenters. The van der Waals surface area contributed by atoms with Crippen molar-refractivity contribution in [1.82, 2.24) is 0 Å². The molecule has 0 fully saturated rings. The highest BCUT2D eigenvalue weighted by Gasteiger charge is 2.12. The summed E-state index contributed by atoms with van der Waals surface area (Å²) in [6, 6.07) is 11.7. The lowest BCUT2D eigenvalue weighted by molar-refractivity contribution is 0.477. The molecular formula is C15H14BrNOS. The highest BCUT2D eigenvalue weighted by molar-refractivity contribution is 9.10. The molecule has 0 aliphatic rings. The van der Waals surface area contributed by atoms with Gasteiger partial charge in [-0.15, -0.1) is 0 Å². The molecule has 2 aromatic carbocycles. The first-order chi connectivity index (χ1) is 8.99. The number of hydrogen-bond acceptors (Lipinski definition) is 2. The van der Waals surface area contributed by atoms with E-state index in [4.69, 9.17) is 22.7 Å². The highest BCUT2D eigenvalue weighted by atomic mass is 79.9. The SMILES string of the molecule is Cc1ccc(Oc2cccc(Br)c2C(N)=S)c(C)c1. The average molecular weight is 336 g/mol. The summed E-state index contributed by atoms with van der Waals surface area (Å²) in [5, 5.41) is 0. The van der Waals surface area contributed by atoms with Crippen molar-refractivity contribution in [3.05, 3.63) is 57.6 Å². The summed E-state index contributed by atoms with van der Waals surface area (Å²) >= 11 is 8.52. The molecule has 2 N–H and O–H groups in total. The molecule has 0 radical (unpaired) electrons. The van der Waals surface area contributed by atoms with E-state index in [0.717, 1.165) is 21.3 Å². The molecule has 0 amide bonds. The fourth-order valence-electron chi connectivity index (χ4n) is 1.86. The van der Waals surface area contributed by atoms with E-state index in [1.165, 1.54) is 5.56 Å². The molecular weight excluding hydrogens is 322 g/mol. The van der Waals surface area contributed by atoms with Crippen LogP contribution < -0.4 is 10.5 Å². The normalized spacial score (nSPS) is 10.3. The summed E-state index contributed by atoms with van der Waals surface area (Å²) in [7, 11) is 0. The van der Waals surface area contributed by atoms with E-state index in [1.807, 2.05) is 37.3 Å². The van der Waals surface area contributed by atoms with Crippen LogP contribution in [0, 0.1) is 13.8 Å². The van der Waals surface area contributed by atoms with Crippen LogP contribution in [-0.2, 0) is 0 Å². The third-order valence-corrected chi connectivity index (χ3v) is 3.64. The summed E-state index contributed by atoms with van der Waals surface area (Å²) in [5.74, 6) is 1.47. The Morgan fingerprint density at radius 3 is 2.53 bits per heavy atom. The van der Waals surface area contributed by atoms with Crippen LogP contribution in [0.5, 0.6) is 11.5 Å². The van der Waals surface area contributed by atoms with E-state index in [1.54, 1.807) is 0 Å². The average Bonchev–Trinajstić information content (AvgIpc) is 2.32.